The van der Waals surface area contributed by atoms with Gasteiger partial charge < -0.3 is 9.57 Å². The molecule has 138 valence electrons. The van der Waals surface area contributed by atoms with Crippen LogP contribution < -0.4 is 4.74 Å². The van der Waals surface area contributed by atoms with Gasteiger partial charge in [-0.25, -0.2) is 4.79 Å². The topological polar surface area (TPSA) is 51.1 Å². The number of carbonyl (C=O) groups is 1. The largest absolute Gasteiger partial charge is 0.465 e. The molecule has 1 unspecified atom stereocenters. The standard InChI is InChI=1S/C22H22N2O3/c1-2-26-19-11-7-6-10-18(19)20-21(22(25)27-23-20)24-14-12-17(13-15-24)16-8-4-3-5-9-16/h2-11,17,21H,1,12-15H2. The smallest absolute Gasteiger partial charge is 0.358 e. The van der Waals surface area contributed by atoms with E-state index in [4.69, 9.17) is 9.57 Å². The zero-order valence-corrected chi connectivity index (χ0v) is 15.1. The Bertz CT molecular complexity index is 855. The van der Waals surface area contributed by atoms with Gasteiger partial charge in [0.15, 0.2) is 6.04 Å². The first kappa shape index (κ1) is 17.5. The molecular weight excluding hydrogens is 340 g/mol. The lowest BCUT2D eigenvalue weighted by molar-refractivity contribution is -0.144. The summed E-state index contributed by atoms with van der Waals surface area (Å²) in [6, 6.07) is 17.6. The molecule has 1 atom stereocenters. The van der Waals surface area contributed by atoms with Crippen LogP contribution in [0, 0.1) is 0 Å². The van der Waals surface area contributed by atoms with Gasteiger partial charge in [0.1, 0.15) is 11.5 Å². The Morgan fingerprint density at radius 2 is 1.78 bits per heavy atom. The summed E-state index contributed by atoms with van der Waals surface area (Å²) in [5.74, 6) is 0.821. The summed E-state index contributed by atoms with van der Waals surface area (Å²) in [5, 5.41) is 4.07. The predicted molar refractivity (Wildman–Crippen MR) is 104 cm³/mol. The molecule has 0 spiro atoms. The molecule has 2 aliphatic heterocycles. The molecule has 2 aromatic carbocycles. The summed E-state index contributed by atoms with van der Waals surface area (Å²) >= 11 is 0. The van der Waals surface area contributed by atoms with E-state index in [2.05, 4.69) is 40.9 Å². The maximum absolute atomic E-state index is 12.4. The van der Waals surface area contributed by atoms with E-state index >= 15 is 0 Å². The number of rotatable bonds is 5. The molecule has 2 aromatic rings. The molecule has 1 saturated heterocycles. The molecule has 27 heavy (non-hydrogen) atoms. The molecule has 0 aromatic heterocycles. The predicted octanol–water partition coefficient (Wildman–Crippen LogP) is 3.72. The number of hydrogen-bond acceptors (Lipinski definition) is 5. The van der Waals surface area contributed by atoms with Crippen molar-refractivity contribution >= 4 is 11.7 Å². The van der Waals surface area contributed by atoms with Crippen LogP contribution in [-0.4, -0.2) is 35.7 Å². The molecule has 0 amide bonds. The third kappa shape index (κ3) is 3.51. The third-order valence-corrected chi connectivity index (χ3v) is 5.26. The quantitative estimate of drug-likeness (QED) is 0.601. The number of nitrogens with zero attached hydrogens (tertiary/aromatic N) is 2. The van der Waals surface area contributed by atoms with Gasteiger partial charge in [-0.2, -0.15) is 0 Å². The first-order chi connectivity index (χ1) is 13.3. The summed E-state index contributed by atoms with van der Waals surface area (Å²) in [7, 11) is 0. The van der Waals surface area contributed by atoms with E-state index in [0.29, 0.717) is 17.4 Å². The number of likely N-dealkylation sites (tertiary alicyclic amines) is 1. The van der Waals surface area contributed by atoms with Crippen LogP contribution in [0.2, 0.25) is 0 Å². The van der Waals surface area contributed by atoms with Crippen LogP contribution in [0.5, 0.6) is 5.75 Å². The van der Waals surface area contributed by atoms with Crippen molar-refractivity contribution in [2.75, 3.05) is 13.1 Å². The monoisotopic (exact) mass is 362 g/mol. The minimum absolute atomic E-state index is 0.323. The number of hydrogen-bond donors (Lipinski definition) is 0. The molecule has 4 rings (SSSR count). The number of benzene rings is 2. The Labute approximate surface area is 158 Å². The summed E-state index contributed by atoms with van der Waals surface area (Å²) in [6.45, 7) is 5.26. The Kier molecular flexibility index (Phi) is 5.03. The van der Waals surface area contributed by atoms with Crippen molar-refractivity contribution in [2.24, 2.45) is 5.16 Å². The van der Waals surface area contributed by atoms with E-state index < -0.39 is 6.04 Å². The number of ether oxygens (including phenoxy) is 1. The molecule has 5 nitrogen and oxygen atoms in total. The molecule has 5 heteroatoms. The van der Waals surface area contributed by atoms with Gasteiger partial charge in [0.05, 0.1) is 6.26 Å². The van der Waals surface area contributed by atoms with Crippen molar-refractivity contribution in [3.63, 3.8) is 0 Å². The van der Waals surface area contributed by atoms with Crippen LogP contribution >= 0.6 is 0 Å². The van der Waals surface area contributed by atoms with Gasteiger partial charge in [-0.05, 0) is 49.5 Å². The molecule has 0 saturated carbocycles. The number of oxime groups is 1. The van der Waals surface area contributed by atoms with E-state index in [1.54, 1.807) is 0 Å². The maximum Gasteiger partial charge on any atom is 0.358 e. The van der Waals surface area contributed by atoms with Gasteiger partial charge in [-0.1, -0.05) is 54.2 Å². The van der Waals surface area contributed by atoms with E-state index in [1.165, 1.54) is 11.8 Å². The van der Waals surface area contributed by atoms with Crippen LogP contribution in [0.15, 0.2) is 72.6 Å². The molecule has 1 fully saturated rings. The lowest BCUT2D eigenvalue weighted by atomic mass is 9.88. The highest BCUT2D eigenvalue weighted by atomic mass is 16.7. The maximum atomic E-state index is 12.4. The van der Waals surface area contributed by atoms with Crippen LogP contribution in [0.3, 0.4) is 0 Å². The average Bonchev–Trinajstić information content (AvgIpc) is 3.11. The summed E-state index contributed by atoms with van der Waals surface area (Å²) in [4.78, 5) is 19.7. The Morgan fingerprint density at radius 3 is 2.52 bits per heavy atom. The molecular formula is C22H22N2O3. The first-order valence-corrected chi connectivity index (χ1v) is 9.22. The number of carbonyl (C=O) groups excluding carboxylic acids is 1. The minimum atomic E-state index is -0.490. The molecule has 2 aliphatic rings. The highest BCUT2D eigenvalue weighted by molar-refractivity contribution is 6.18. The normalized spacial score (nSPS) is 20.8. The lowest BCUT2D eigenvalue weighted by Gasteiger charge is -2.34. The van der Waals surface area contributed by atoms with E-state index in [0.717, 1.165) is 31.5 Å². The molecule has 0 radical (unpaired) electrons. The van der Waals surface area contributed by atoms with E-state index in [9.17, 15) is 4.79 Å². The Hall–Kier alpha value is -2.92. The van der Waals surface area contributed by atoms with Crippen molar-refractivity contribution in [2.45, 2.75) is 24.8 Å². The van der Waals surface area contributed by atoms with Crippen molar-refractivity contribution in [3.8, 4) is 5.75 Å². The lowest BCUT2D eigenvalue weighted by Crippen LogP contribution is -2.48. The number of piperidine rings is 1. The van der Waals surface area contributed by atoms with Crippen LogP contribution in [0.1, 0.15) is 29.9 Å². The fraction of sp³-hybridized carbons (Fsp3) is 0.273. The first-order valence-electron chi connectivity index (χ1n) is 9.22. The molecule has 0 aliphatic carbocycles. The molecule has 2 heterocycles. The van der Waals surface area contributed by atoms with Gasteiger partial charge in [0, 0.05) is 5.56 Å². The second-order valence-corrected chi connectivity index (χ2v) is 6.79. The highest BCUT2D eigenvalue weighted by Crippen LogP contribution is 2.32. The van der Waals surface area contributed by atoms with Crippen LogP contribution in [0.4, 0.5) is 0 Å². The van der Waals surface area contributed by atoms with Gasteiger partial charge in [-0.3, -0.25) is 4.90 Å². The SMILES string of the molecule is C=COc1ccccc1C1=NOC(=O)C1N1CCC(c2ccccc2)CC1. The van der Waals surface area contributed by atoms with Gasteiger partial charge in [-0.15, -0.1) is 0 Å². The molecule has 0 bridgehead atoms. The average molecular weight is 362 g/mol. The third-order valence-electron chi connectivity index (χ3n) is 5.26. The summed E-state index contributed by atoms with van der Waals surface area (Å²) in [6.07, 6.45) is 3.38. The molecule has 0 N–H and O–H groups in total. The zero-order valence-electron chi connectivity index (χ0n) is 15.1. The van der Waals surface area contributed by atoms with E-state index in [1.807, 2.05) is 30.3 Å². The second-order valence-electron chi connectivity index (χ2n) is 6.79. The fourth-order valence-corrected chi connectivity index (χ4v) is 3.91. The van der Waals surface area contributed by atoms with Crippen molar-refractivity contribution in [1.82, 2.24) is 4.90 Å². The van der Waals surface area contributed by atoms with Gasteiger partial charge in [0.25, 0.3) is 0 Å². The van der Waals surface area contributed by atoms with E-state index in [-0.39, 0.29) is 5.97 Å². The highest BCUT2D eigenvalue weighted by Gasteiger charge is 2.41. The van der Waals surface area contributed by atoms with Crippen molar-refractivity contribution in [1.29, 1.82) is 0 Å². The van der Waals surface area contributed by atoms with Crippen LogP contribution in [-0.2, 0) is 9.63 Å². The second kappa shape index (κ2) is 7.76. The van der Waals surface area contributed by atoms with Gasteiger partial charge >= 0.3 is 5.97 Å². The van der Waals surface area contributed by atoms with Crippen molar-refractivity contribution in [3.05, 3.63) is 78.6 Å². The zero-order chi connectivity index (χ0) is 18.6. The summed E-state index contributed by atoms with van der Waals surface area (Å²) < 4.78 is 5.49. The van der Waals surface area contributed by atoms with Crippen molar-refractivity contribution < 1.29 is 14.4 Å². The fourth-order valence-electron chi connectivity index (χ4n) is 3.91. The Morgan fingerprint density at radius 1 is 1.07 bits per heavy atom. The van der Waals surface area contributed by atoms with Crippen LogP contribution in [0.25, 0.3) is 0 Å². The van der Waals surface area contributed by atoms with Gasteiger partial charge in [0.2, 0.25) is 0 Å². The minimum Gasteiger partial charge on any atom is -0.465 e. The summed E-state index contributed by atoms with van der Waals surface area (Å²) in [5.41, 5.74) is 2.74. The Balaban J connectivity index is 1.52. The number of para-hydroxylation sites is 1.